The highest BCUT2D eigenvalue weighted by Crippen LogP contribution is 2.27. The van der Waals surface area contributed by atoms with Crippen LogP contribution in [0.25, 0.3) is 0 Å². The molecule has 0 aromatic carbocycles. The maximum Gasteiger partial charge on any atom is 0.330 e. The van der Waals surface area contributed by atoms with Crippen LogP contribution in [0.1, 0.15) is 23.9 Å². The summed E-state index contributed by atoms with van der Waals surface area (Å²) in [5.41, 5.74) is -0.296. The van der Waals surface area contributed by atoms with Crippen LogP contribution in [0, 0.1) is 6.92 Å². The maximum atomic E-state index is 11.6. The molecule has 3 heterocycles. The standard InChI is InChI=1S/C10H14N2O5.C3H4FN3/c1-5-3-12(10(16)11-9(5)15)8-2-6(14)7(4-13)17-8;4-1-3-2-5-7-6-3/h3,6-8,13-14H,2,4H2,1H3,(H,11,15,16);2H,1H2,(H,5,6,7)/t6-,7+,8+;/m0./s1. The summed E-state index contributed by atoms with van der Waals surface area (Å²) < 4.78 is 18.0. The molecule has 0 saturated carbocycles. The number of ether oxygens (including phenoxy) is 1. The SMILES string of the molecule is Cc1cn([C@H]2C[C@H](O)[C@@H](CO)O2)c(=O)[nH]c1=O.FCc1c[nH]nn1. The van der Waals surface area contributed by atoms with Crippen LogP contribution < -0.4 is 11.2 Å². The Morgan fingerprint density at radius 2 is 2.25 bits per heavy atom. The zero-order valence-electron chi connectivity index (χ0n) is 12.8. The summed E-state index contributed by atoms with van der Waals surface area (Å²) >= 11 is 0. The fraction of sp³-hybridized carbons (Fsp3) is 0.538. The number of H-pyrrole nitrogens is 2. The zero-order chi connectivity index (χ0) is 17.7. The molecule has 132 valence electrons. The quantitative estimate of drug-likeness (QED) is 0.545. The van der Waals surface area contributed by atoms with Crippen LogP contribution in [0.5, 0.6) is 0 Å². The third-order valence-corrected chi connectivity index (χ3v) is 3.44. The molecule has 0 radical (unpaired) electrons. The number of aromatic nitrogens is 5. The molecule has 11 heteroatoms. The number of hydrogen-bond acceptors (Lipinski definition) is 7. The highest BCUT2D eigenvalue weighted by Gasteiger charge is 2.34. The van der Waals surface area contributed by atoms with Gasteiger partial charge in [0.15, 0.2) is 0 Å². The predicted octanol–water partition coefficient (Wildman–Crippen LogP) is -1.24. The van der Waals surface area contributed by atoms with Gasteiger partial charge in [0, 0.05) is 24.4 Å². The van der Waals surface area contributed by atoms with Gasteiger partial charge < -0.3 is 14.9 Å². The largest absolute Gasteiger partial charge is 0.394 e. The van der Waals surface area contributed by atoms with E-state index in [1.165, 1.54) is 17.0 Å². The summed E-state index contributed by atoms with van der Waals surface area (Å²) in [7, 11) is 0. The van der Waals surface area contributed by atoms with Gasteiger partial charge in [-0.2, -0.15) is 0 Å². The average molecular weight is 343 g/mol. The van der Waals surface area contributed by atoms with Gasteiger partial charge in [-0.25, -0.2) is 9.18 Å². The van der Waals surface area contributed by atoms with Crippen molar-refractivity contribution in [3.63, 3.8) is 0 Å². The Kier molecular flexibility index (Phi) is 5.95. The lowest BCUT2D eigenvalue weighted by atomic mass is 10.2. The second-order valence-corrected chi connectivity index (χ2v) is 5.19. The molecule has 1 fully saturated rings. The van der Waals surface area contributed by atoms with Gasteiger partial charge in [-0.05, 0) is 6.92 Å². The summed E-state index contributed by atoms with van der Waals surface area (Å²) in [5.74, 6) is 0. The van der Waals surface area contributed by atoms with E-state index < -0.39 is 36.4 Å². The first-order valence-corrected chi connectivity index (χ1v) is 7.14. The molecule has 0 spiro atoms. The number of aryl methyl sites for hydroxylation is 1. The van der Waals surface area contributed by atoms with E-state index in [0.717, 1.165) is 0 Å². The zero-order valence-corrected chi connectivity index (χ0v) is 12.8. The van der Waals surface area contributed by atoms with E-state index in [1.54, 1.807) is 6.92 Å². The third kappa shape index (κ3) is 4.13. The first-order chi connectivity index (χ1) is 11.5. The number of aliphatic hydroxyl groups excluding tert-OH is 2. The van der Waals surface area contributed by atoms with Crippen molar-refractivity contribution in [2.24, 2.45) is 0 Å². The maximum absolute atomic E-state index is 11.6. The summed E-state index contributed by atoms with van der Waals surface area (Å²) in [6, 6.07) is 0. The van der Waals surface area contributed by atoms with Gasteiger partial charge in [0.25, 0.3) is 5.56 Å². The second kappa shape index (κ2) is 7.95. The van der Waals surface area contributed by atoms with Crippen LogP contribution in [0.3, 0.4) is 0 Å². The third-order valence-electron chi connectivity index (χ3n) is 3.44. The van der Waals surface area contributed by atoms with E-state index in [2.05, 4.69) is 20.4 Å². The van der Waals surface area contributed by atoms with E-state index in [0.29, 0.717) is 11.3 Å². The summed E-state index contributed by atoms with van der Waals surface area (Å²) in [4.78, 5) is 24.9. The number of aliphatic hydroxyl groups is 2. The average Bonchev–Trinajstić information content (AvgIpc) is 3.20. The van der Waals surface area contributed by atoms with Crippen LogP contribution in [-0.2, 0) is 11.4 Å². The number of nitrogens with one attached hydrogen (secondary N) is 2. The topological polar surface area (TPSA) is 146 Å². The van der Waals surface area contributed by atoms with Crippen LogP contribution in [-0.4, -0.2) is 54.0 Å². The van der Waals surface area contributed by atoms with E-state index >= 15 is 0 Å². The molecule has 3 rings (SSSR count). The number of nitrogens with zero attached hydrogens (tertiary/aromatic N) is 3. The lowest BCUT2D eigenvalue weighted by Gasteiger charge is -2.14. The molecule has 10 nitrogen and oxygen atoms in total. The smallest absolute Gasteiger partial charge is 0.330 e. The fourth-order valence-corrected chi connectivity index (χ4v) is 2.14. The van der Waals surface area contributed by atoms with Crippen molar-refractivity contribution < 1.29 is 19.3 Å². The van der Waals surface area contributed by atoms with Gasteiger partial charge in [0.05, 0.1) is 12.7 Å². The minimum Gasteiger partial charge on any atom is -0.394 e. The molecular weight excluding hydrogens is 325 g/mol. The molecule has 2 aromatic rings. The van der Waals surface area contributed by atoms with Crippen molar-refractivity contribution in [1.29, 1.82) is 0 Å². The van der Waals surface area contributed by atoms with Gasteiger partial charge >= 0.3 is 5.69 Å². The monoisotopic (exact) mass is 343 g/mol. The van der Waals surface area contributed by atoms with Crippen LogP contribution in [0.4, 0.5) is 4.39 Å². The highest BCUT2D eigenvalue weighted by atomic mass is 19.1. The summed E-state index contributed by atoms with van der Waals surface area (Å²) in [5, 5.41) is 27.5. The van der Waals surface area contributed by atoms with E-state index in [4.69, 9.17) is 9.84 Å². The van der Waals surface area contributed by atoms with Gasteiger partial charge in [-0.3, -0.25) is 19.4 Å². The van der Waals surface area contributed by atoms with E-state index in [9.17, 15) is 19.1 Å². The molecule has 4 N–H and O–H groups in total. The molecular formula is C13H18FN5O5. The fourth-order valence-electron chi connectivity index (χ4n) is 2.14. The van der Waals surface area contributed by atoms with Gasteiger partial charge in [0.2, 0.25) is 0 Å². The van der Waals surface area contributed by atoms with Crippen molar-refractivity contribution in [3.05, 3.63) is 44.5 Å². The summed E-state index contributed by atoms with van der Waals surface area (Å²) in [6.07, 6.45) is 0.836. The number of rotatable bonds is 3. The number of aromatic amines is 2. The summed E-state index contributed by atoms with van der Waals surface area (Å²) in [6.45, 7) is 0.717. The number of hydrogen-bond donors (Lipinski definition) is 4. The Morgan fingerprint density at radius 1 is 1.50 bits per heavy atom. The van der Waals surface area contributed by atoms with Crippen LogP contribution in [0.2, 0.25) is 0 Å². The van der Waals surface area contributed by atoms with Gasteiger partial charge in [-0.15, -0.1) is 5.10 Å². The molecule has 3 atom stereocenters. The first kappa shape index (κ1) is 18.0. The van der Waals surface area contributed by atoms with Crippen LogP contribution in [0.15, 0.2) is 22.0 Å². The normalized spacial score (nSPS) is 22.9. The van der Waals surface area contributed by atoms with Crippen molar-refractivity contribution in [2.45, 2.75) is 38.5 Å². The van der Waals surface area contributed by atoms with E-state index in [1.807, 2.05) is 0 Å². The van der Waals surface area contributed by atoms with Crippen molar-refractivity contribution in [3.8, 4) is 0 Å². The molecule has 0 amide bonds. The van der Waals surface area contributed by atoms with Gasteiger partial charge in [0.1, 0.15) is 24.7 Å². The predicted molar refractivity (Wildman–Crippen MR) is 78.9 cm³/mol. The molecule has 1 saturated heterocycles. The van der Waals surface area contributed by atoms with Crippen molar-refractivity contribution >= 4 is 0 Å². The minimum atomic E-state index is -0.816. The highest BCUT2D eigenvalue weighted by molar-refractivity contribution is 5.02. The number of alkyl halides is 1. The second-order valence-electron chi connectivity index (χ2n) is 5.19. The van der Waals surface area contributed by atoms with Crippen molar-refractivity contribution in [2.75, 3.05) is 6.61 Å². The Labute approximate surface area is 134 Å². The molecule has 1 aliphatic rings. The van der Waals surface area contributed by atoms with Crippen molar-refractivity contribution in [1.82, 2.24) is 25.0 Å². The van der Waals surface area contributed by atoms with E-state index in [-0.39, 0.29) is 13.0 Å². The molecule has 0 bridgehead atoms. The molecule has 0 unspecified atom stereocenters. The Balaban J connectivity index is 0.000000249. The molecule has 2 aromatic heterocycles. The first-order valence-electron chi connectivity index (χ1n) is 7.14. The minimum absolute atomic E-state index is 0.205. The lowest BCUT2D eigenvalue weighted by Crippen LogP contribution is -2.33. The lowest BCUT2D eigenvalue weighted by molar-refractivity contribution is -0.0459. The molecule has 0 aliphatic carbocycles. The van der Waals surface area contributed by atoms with Crippen LogP contribution >= 0.6 is 0 Å². The Bertz CT molecular complexity index is 759. The Morgan fingerprint density at radius 3 is 2.75 bits per heavy atom. The molecule has 24 heavy (non-hydrogen) atoms. The number of halogens is 1. The molecule has 1 aliphatic heterocycles. The van der Waals surface area contributed by atoms with Gasteiger partial charge in [-0.1, -0.05) is 5.21 Å². The Hall–Kier alpha value is -2.37.